The summed E-state index contributed by atoms with van der Waals surface area (Å²) < 4.78 is 2.19. The van der Waals surface area contributed by atoms with Gasteiger partial charge in [-0.15, -0.1) is 0 Å². The Hall–Kier alpha value is -1.64. The van der Waals surface area contributed by atoms with Gasteiger partial charge in [0.05, 0.1) is 6.54 Å². The minimum Gasteiger partial charge on any atom is -0.344 e. The monoisotopic (exact) mass is 201 g/mol. The van der Waals surface area contributed by atoms with Crippen LogP contribution in [0.5, 0.6) is 0 Å². The van der Waals surface area contributed by atoms with Gasteiger partial charge in [-0.05, 0) is 38.0 Å². The fourth-order valence-electron chi connectivity index (χ4n) is 1.66. The highest BCUT2D eigenvalue weighted by molar-refractivity contribution is 5.29. The van der Waals surface area contributed by atoms with Gasteiger partial charge in [0.15, 0.2) is 0 Å². The molecule has 0 saturated heterocycles. The Morgan fingerprint density at radius 3 is 2.33 bits per heavy atom. The molecule has 0 N–H and O–H groups in total. The summed E-state index contributed by atoms with van der Waals surface area (Å²) in [6.07, 6.45) is 5.71. The smallest absolute Gasteiger partial charge is 0.147 e. The third kappa shape index (κ3) is 1.91. The Morgan fingerprint density at radius 2 is 1.80 bits per heavy atom. The lowest BCUT2D eigenvalue weighted by atomic mass is 10.2. The number of hydrogen-bond acceptors (Lipinski definition) is 2. The van der Waals surface area contributed by atoms with E-state index in [1.807, 2.05) is 6.07 Å². The van der Waals surface area contributed by atoms with Crippen LogP contribution in [0.25, 0.3) is 0 Å². The summed E-state index contributed by atoms with van der Waals surface area (Å²) in [6, 6.07) is 1.84. The van der Waals surface area contributed by atoms with Crippen LogP contribution in [-0.2, 0) is 6.54 Å². The van der Waals surface area contributed by atoms with Crippen molar-refractivity contribution in [1.29, 1.82) is 0 Å². The summed E-state index contributed by atoms with van der Waals surface area (Å²) in [5.74, 6) is 0.857. The third-order valence-electron chi connectivity index (χ3n) is 2.85. The fourth-order valence-corrected chi connectivity index (χ4v) is 1.66. The maximum absolute atomic E-state index is 4.22. The minimum atomic E-state index is 0.751. The van der Waals surface area contributed by atoms with E-state index in [2.05, 4.69) is 41.5 Å². The first kappa shape index (κ1) is 9.90. The van der Waals surface area contributed by atoms with Crippen LogP contribution in [0.15, 0.2) is 24.7 Å². The Kier molecular flexibility index (Phi) is 2.54. The first-order valence-corrected chi connectivity index (χ1v) is 5.07. The fraction of sp³-hybridized carbons (Fsp3) is 0.333. The van der Waals surface area contributed by atoms with E-state index in [1.165, 1.54) is 16.8 Å². The summed E-state index contributed by atoms with van der Waals surface area (Å²) in [5.41, 5.74) is 3.97. The molecule has 0 bridgehead atoms. The van der Waals surface area contributed by atoms with E-state index in [4.69, 9.17) is 0 Å². The van der Waals surface area contributed by atoms with Crippen molar-refractivity contribution in [3.05, 3.63) is 47.3 Å². The molecule has 2 aromatic heterocycles. The Labute approximate surface area is 89.8 Å². The Bertz CT molecular complexity index is 457. The maximum atomic E-state index is 4.22. The molecule has 78 valence electrons. The van der Waals surface area contributed by atoms with Crippen molar-refractivity contribution in [2.24, 2.45) is 0 Å². The highest BCUT2D eigenvalue weighted by Crippen LogP contribution is 2.15. The third-order valence-corrected chi connectivity index (χ3v) is 2.85. The van der Waals surface area contributed by atoms with Gasteiger partial charge >= 0.3 is 0 Å². The van der Waals surface area contributed by atoms with Gasteiger partial charge in [0.2, 0.25) is 0 Å². The number of rotatable bonds is 2. The second-order valence-corrected chi connectivity index (χ2v) is 3.82. The molecule has 3 heteroatoms. The van der Waals surface area contributed by atoms with Crippen LogP contribution < -0.4 is 0 Å². The molecule has 0 spiro atoms. The minimum absolute atomic E-state index is 0.751. The summed E-state index contributed by atoms with van der Waals surface area (Å²) in [5, 5.41) is 0. The largest absolute Gasteiger partial charge is 0.344 e. The average Bonchev–Trinajstić information content (AvgIpc) is 2.48. The molecule has 3 nitrogen and oxygen atoms in total. The summed E-state index contributed by atoms with van der Waals surface area (Å²) >= 11 is 0. The lowest BCUT2D eigenvalue weighted by molar-refractivity contribution is 0.725. The van der Waals surface area contributed by atoms with Gasteiger partial charge < -0.3 is 4.57 Å². The zero-order chi connectivity index (χ0) is 10.8. The quantitative estimate of drug-likeness (QED) is 0.746. The first-order chi connectivity index (χ1) is 7.18. The molecule has 2 rings (SSSR count). The molecule has 0 amide bonds. The normalized spacial score (nSPS) is 10.6. The Balaban J connectivity index is 2.29. The van der Waals surface area contributed by atoms with E-state index in [1.54, 1.807) is 12.4 Å². The summed E-state index contributed by atoms with van der Waals surface area (Å²) in [7, 11) is 0. The molecule has 0 saturated carbocycles. The van der Waals surface area contributed by atoms with Crippen molar-refractivity contribution in [2.75, 3.05) is 0 Å². The van der Waals surface area contributed by atoms with Gasteiger partial charge in [0.1, 0.15) is 5.82 Å². The van der Waals surface area contributed by atoms with Gasteiger partial charge in [-0.25, -0.2) is 9.97 Å². The van der Waals surface area contributed by atoms with Crippen molar-refractivity contribution < 1.29 is 0 Å². The SMILES string of the molecule is Cc1cn(Cc2ncccn2)c(C)c1C. The van der Waals surface area contributed by atoms with Crippen molar-refractivity contribution in [3.63, 3.8) is 0 Å². The second-order valence-electron chi connectivity index (χ2n) is 3.82. The molecular weight excluding hydrogens is 186 g/mol. The topological polar surface area (TPSA) is 30.7 Å². The number of aryl methyl sites for hydroxylation is 1. The molecule has 0 aromatic carbocycles. The molecule has 0 fully saturated rings. The van der Waals surface area contributed by atoms with E-state index >= 15 is 0 Å². The summed E-state index contributed by atoms with van der Waals surface area (Å²) in [6.45, 7) is 7.16. The number of nitrogens with zero attached hydrogens (tertiary/aromatic N) is 3. The zero-order valence-corrected chi connectivity index (χ0v) is 9.36. The standard InChI is InChI=1S/C12H15N3/c1-9-7-15(11(3)10(9)2)8-12-13-5-4-6-14-12/h4-7H,8H2,1-3H3. The van der Waals surface area contributed by atoms with Crippen LogP contribution in [0, 0.1) is 20.8 Å². The van der Waals surface area contributed by atoms with Crippen LogP contribution in [0.4, 0.5) is 0 Å². The van der Waals surface area contributed by atoms with Gasteiger partial charge in [0.25, 0.3) is 0 Å². The zero-order valence-electron chi connectivity index (χ0n) is 9.36. The van der Waals surface area contributed by atoms with Crippen LogP contribution in [-0.4, -0.2) is 14.5 Å². The van der Waals surface area contributed by atoms with E-state index in [9.17, 15) is 0 Å². The molecule has 2 aromatic rings. The van der Waals surface area contributed by atoms with Crippen LogP contribution >= 0.6 is 0 Å². The second kappa shape index (κ2) is 3.85. The molecule has 0 atom stereocenters. The predicted octanol–water partition coefficient (Wildman–Crippen LogP) is 2.25. The molecule has 2 heterocycles. The van der Waals surface area contributed by atoms with E-state index in [0.717, 1.165) is 12.4 Å². The van der Waals surface area contributed by atoms with E-state index in [-0.39, 0.29) is 0 Å². The van der Waals surface area contributed by atoms with Crippen LogP contribution in [0.3, 0.4) is 0 Å². The maximum Gasteiger partial charge on any atom is 0.147 e. The van der Waals surface area contributed by atoms with Crippen molar-refractivity contribution >= 4 is 0 Å². The predicted molar refractivity (Wildman–Crippen MR) is 59.8 cm³/mol. The molecule has 15 heavy (non-hydrogen) atoms. The highest BCUT2D eigenvalue weighted by atomic mass is 15.0. The van der Waals surface area contributed by atoms with E-state index < -0.39 is 0 Å². The van der Waals surface area contributed by atoms with Gasteiger partial charge in [-0.2, -0.15) is 0 Å². The lowest BCUT2D eigenvalue weighted by Crippen LogP contribution is -2.04. The van der Waals surface area contributed by atoms with Crippen LogP contribution in [0.1, 0.15) is 22.6 Å². The Morgan fingerprint density at radius 1 is 1.13 bits per heavy atom. The van der Waals surface area contributed by atoms with Gasteiger partial charge in [-0.1, -0.05) is 0 Å². The number of aromatic nitrogens is 3. The summed E-state index contributed by atoms with van der Waals surface area (Å²) in [4.78, 5) is 8.44. The molecule has 0 aliphatic rings. The van der Waals surface area contributed by atoms with Gasteiger partial charge in [0, 0.05) is 24.3 Å². The molecule has 0 unspecified atom stereocenters. The average molecular weight is 201 g/mol. The van der Waals surface area contributed by atoms with Crippen molar-refractivity contribution in [2.45, 2.75) is 27.3 Å². The van der Waals surface area contributed by atoms with Crippen molar-refractivity contribution in [1.82, 2.24) is 14.5 Å². The van der Waals surface area contributed by atoms with E-state index in [0.29, 0.717) is 0 Å². The molecular formula is C12H15N3. The lowest BCUT2D eigenvalue weighted by Gasteiger charge is -2.04. The van der Waals surface area contributed by atoms with Crippen molar-refractivity contribution in [3.8, 4) is 0 Å². The number of hydrogen-bond donors (Lipinski definition) is 0. The molecule has 0 radical (unpaired) electrons. The molecule has 0 aliphatic carbocycles. The first-order valence-electron chi connectivity index (χ1n) is 5.07. The van der Waals surface area contributed by atoms with Gasteiger partial charge in [-0.3, -0.25) is 0 Å². The molecule has 0 aliphatic heterocycles. The van der Waals surface area contributed by atoms with Crippen LogP contribution in [0.2, 0.25) is 0 Å². The highest BCUT2D eigenvalue weighted by Gasteiger charge is 2.06.